The maximum atomic E-state index is 11.0. The summed E-state index contributed by atoms with van der Waals surface area (Å²) in [6.07, 6.45) is 2.00. The molecule has 0 saturated carbocycles. The summed E-state index contributed by atoms with van der Waals surface area (Å²) in [6.45, 7) is 0. The Kier molecular flexibility index (Phi) is 3.97. The van der Waals surface area contributed by atoms with Crippen molar-refractivity contribution in [3.63, 3.8) is 0 Å². The molecule has 0 atom stereocenters. The number of thioether (sulfide) groups is 1. The number of rotatable bonds is 4. The zero-order valence-electron chi connectivity index (χ0n) is 10.4. The number of carboxylic acid groups (broad SMARTS) is 1. The quantitative estimate of drug-likeness (QED) is 0.588. The van der Waals surface area contributed by atoms with Crippen molar-refractivity contribution in [3.8, 4) is 0 Å². The molecule has 0 aliphatic carbocycles. The van der Waals surface area contributed by atoms with Crippen LogP contribution >= 0.6 is 11.8 Å². The first kappa shape index (κ1) is 13.3. The third-order valence-electron chi connectivity index (χ3n) is 2.69. The van der Waals surface area contributed by atoms with Gasteiger partial charge in [-0.3, -0.25) is 0 Å². The molecule has 19 heavy (non-hydrogen) atoms. The van der Waals surface area contributed by atoms with Crippen LogP contribution in [0.5, 0.6) is 0 Å². The summed E-state index contributed by atoms with van der Waals surface area (Å²) in [5.41, 5.74) is 7.67. The summed E-state index contributed by atoms with van der Waals surface area (Å²) in [7, 11) is 0. The van der Waals surface area contributed by atoms with E-state index in [0.717, 1.165) is 10.6 Å². The summed E-state index contributed by atoms with van der Waals surface area (Å²) in [4.78, 5) is 12.1. The van der Waals surface area contributed by atoms with Gasteiger partial charge in [0.05, 0.1) is 16.9 Å². The second-order valence-corrected chi connectivity index (χ2v) is 4.81. The van der Waals surface area contributed by atoms with Crippen molar-refractivity contribution < 1.29 is 9.90 Å². The Labute approximate surface area is 115 Å². The Morgan fingerprint density at radius 3 is 2.68 bits per heavy atom. The highest BCUT2D eigenvalue weighted by molar-refractivity contribution is 7.98. The molecule has 0 unspecified atom stereocenters. The molecule has 0 aliphatic rings. The number of para-hydroxylation sites is 1. The van der Waals surface area contributed by atoms with Gasteiger partial charge in [-0.2, -0.15) is 0 Å². The highest BCUT2D eigenvalue weighted by Gasteiger charge is 2.10. The first-order valence-corrected chi connectivity index (χ1v) is 6.87. The van der Waals surface area contributed by atoms with Gasteiger partial charge in [-0.05, 0) is 36.6 Å². The first-order chi connectivity index (χ1) is 9.11. The normalized spacial score (nSPS) is 10.2. The summed E-state index contributed by atoms with van der Waals surface area (Å²) in [5, 5.41) is 12.2. The van der Waals surface area contributed by atoms with Crippen molar-refractivity contribution in [3.05, 3.63) is 48.0 Å². The van der Waals surface area contributed by atoms with E-state index in [4.69, 9.17) is 10.8 Å². The number of carbonyl (C=O) groups is 1. The van der Waals surface area contributed by atoms with Gasteiger partial charge < -0.3 is 16.2 Å². The predicted octanol–water partition coefficient (Wildman–Crippen LogP) is 3.43. The zero-order valence-corrected chi connectivity index (χ0v) is 11.2. The van der Waals surface area contributed by atoms with Crippen molar-refractivity contribution in [2.45, 2.75) is 4.90 Å². The molecule has 0 aromatic heterocycles. The number of nitrogens with two attached hydrogens (primary N) is 1. The highest BCUT2D eigenvalue weighted by Crippen LogP contribution is 2.28. The average Bonchev–Trinajstić information content (AvgIpc) is 2.41. The van der Waals surface area contributed by atoms with Crippen LogP contribution in [0, 0.1) is 0 Å². The van der Waals surface area contributed by atoms with E-state index >= 15 is 0 Å². The van der Waals surface area contributed by atoms with E-state index < -0.39 is 5.97 Å². The van der Waals surface area contributed by atoms with Gasteiger partial charge in [0.2, 0.25) is 0 Å². The fraction of sp³-hybridized carbons (Fsp3) is 0.0714. The second kappa shape index (κ2) is 5.67. The van der Waals surface area contributed by atoms with Crippen LogP contribution < -0.4 is 11.1 Å². The molecule has 2 aromatic carbocycles. The van der Waals surface area contributed by atoms with Crippen LogP contribution in [-0.4, -0.2) is 17.3 Å². The van der Waals surface area contributed by atoms with E-state index in [9.17, 15) is 4.79 Å². The van der Waals surface area contributed by atoms with Crippen LogP contribution in [0.2, 0.25) is 0 Å². The highest BCUT2D eigenvalue weighted by atomic mass is 32.2. The van der Waals surface area contributed by atoms with Crippen LogP contribution in [0.15, 0.2) is 47.4 Å². The van der Waals surface area contributed by atoms with Gasteiger partial charge in [-0.1, -0.05) is 12.1 Å². The van der Waals surface area contributed by atoms with Crippen LogP contribution in [0.3, 0.4) is 0 Å². The maximum Gasteiger partial charge on any atom is 0.337 e. The lowest BCUT2D eigenvalue weighted by atomic mass is 10.1. The topological polar surface area (TPSA) is 75.3 Å². The molecular formula is C14H14N2O2S. The first-order valence-electron chi connectivity index (χ1n) is 5.64. The third kappa shape index (κ3) is 3.00. The second-order valence-electron chi connectivity index (χ2n) is 3.93. The minimum Gasteiger partial charge on any atom is -0.478 e. The minimum atomic E-state index is -1.03. The lowest BCUT2D eigenvalue weighted by Crippen LogP contribution is -2.05. The Hall–Kier alpha value is -2.14. The minimum absolute atomic E-state index is 0.103. The Morgan fingerprint density at radius 1 is 1.26 bits per heavy atom. The molecule has 0 amide bonds. The van der Waals surface area contributed by atoms with Crippen molar-refractivity contribution in [1.82, 2.24) is 0 Å². The van der Waals surface area contributed by atoms with Crippen LogP contribution in [0.25, 0.3) is 0 Å². The number of benzene rings is 2. The zero-order chi connectivity index (χ0) is 13.8. The standard InChI is InChI=1S/C14H14N2O2S/c1-19-10-5-2-4-9(8-10)16-12-7-3-6-11(13(12)15)14(17)18/h2-8,16H,15H2,1H3,(H,17,18). The van der Waals surface area contributed by atoms with Gasteiger partial charge in [0.25, 0.3) is 0 Å². The Morgan fingerprint density at radius 2 is 2.00 bits per heavy atom. The average molecular weight is 274 g/mol. The number of nitrogens with one attached hydrogen (secondary N) is 1. The summed E-state index contributed by atoms with van der Waals surface area (Å²) < 4.78 is 0. The SMILES string of the molecule is CSc1cccc(Nc2cccc(C(=O)O)c2N)c1. The lowest BCUT2D eigenvalue weighted by molar-refractivity contribution is 0.0698. The van der Waals surface area contributed by atoms with Gasteiger partial charge in [0, 0.05) is 10.6 Å². The van der Waals surface area contributed by atoms with E-state index in [0.29, 0.717) is 5.69 Å². The fourth-order valence-corrected chi connectivity index (χ4v) is 2.18. The molecule has 0 bridgehead atoms. The van der Waals surface area contributed by atoms with Crippen LogP contribution in [0.1, 0.15) is 10.4 Å². The molecule has 4 nitrogen and oxygen atoms in total. The maximum absolute atomic E-state index is 11.0. The van der Waals surface area contributed by atoms with Crippen molar-refractivity contribution >= 4 is 34.8 Å². The van der Waals surface area contributed by atoms with Crippen LogP contribution in [0.4, 0.5) is 17.1 Å². The van der Waals surface area contributed by atoms with E-state index in [2.05, 4.69) is 5.32 Å². The van der Waals surface area contributed by atoms with E-state index in [1.165, 1.54) is 6.07 Å². The molecule has 98 valence electrons. The number of carboxylic acids is 1. The molecular weight excluding hydrogens is 260 g/mol. The number of nitrogen functional groups attached to an aromatic ring is 1. The summed E-state index contributed by atoms with van der Waals surface area (Å²) in [5.74, 6) is -1.03. The Balaban J connectivity index is 2.33. The van der Waals surface area contributed by atoms with E-state index in [1.54, 1.807) is 23.9 Å². The fourth-order valence-electron chi connectivity index (χ4n) is 1.72. The molecule has 0 fully saturated rings. The van der Waals surface area contributed by atoms with Crippen molar-refractivity contribution in [2.75, 3.05) is 17.3 Å². The molecule has 0 heterocycles. The monoisotopic (exact) mass is 274 g/mol. The molecule has 4 N–H and O–H groups in total. The number of aromatic carboxylic acids is 1. The van der Waals surface area contributed by atoms with Crippen molar-refractivity contribution in [2.24, 2.45) is 0 Å². The summed E-state index contributed by atoms with van der Waals surface area (Å²) >= 11 is 1.64. The van der Waals surface area contributed by atoms with Gasteiger partial charge in [-0.15, -0.1) is 11.8 Å². The molecule has 2 aromatic rings. The number of hydrogen-bond acceptors (Lipinski definition) is 4. The Bertz CT molecular complexity index is 614. The molecule has 0 radical (unpaired) electrons. The van der Waals surface area contributed by atoms with Gasteiger partial charge in [0.1, 0.15) is 0 Å². The summed E-state index contributed by atoms with van der Waals surface area (Å²) in [6, 6.07) is 12.7. The van der Waals surface area contributed by atoms with Gasteiger partial charge in [0.15, 0.2) is 0 Å². The number of anilines is 3. The third-order valence-corrected chi connectivity index (χ3v) is 3.41. The molecule has 0 saturated heterocycles. The molecule has 0 spiro atoms. The van der Waals surface area contributed by atoms with E-state index in [1.807, 2.05) is 30.5 Å². The van der Waals surface area contributed by atoms with E-state index in [-0.39, 0.29) is 11.3 Å². The van der Waals surface area contributed by atoms with Crippen LogP contribution in [-0.2, 0) is 0 Å². The van der Waals surface area contributed by atoms with Gasteiger partial charge >= 0.3 is 5.97 Å². The van der Waals surface area contributed by atoms with Gasteiger partial charge in [-0.25, -0.2) is 4.79 Å². The molecule has 0 aliphatic heterocycles. The largest absolute Gasteiger partial charge is 0.478 e. The lowest BCUT2D eigenvalue weighted by Gasteiger charge is -2.11. The van der Waals surface area contributed by atoms with Crippen molar-refractivity contribution in [1.29, 1.82) is 0 Å². The molecule has 5 heteroatoms. The smallest absolute Gasteiger partial charge is 0.337 e. The molecule has 2 rings (SSSR count). The predicted molar refractivity (Wildman–Crippen MR) is 79.3 cm³/mol. The number of hydrogen-bond donors (Lipinski definition) is 3.